The van der Waals surface area contributed by atoms with Gasteiger partial charge in [0.25, 0.3) is 0 Å². The van der Waals surface area contributed by atoms with Gasteiger partial charge in [0, 0.05) is 6.08 Å². The number of carbonyl (C=O) groups is 5. The molecule has 0 aliphatic carbocycles. The van der Waals surface area contributed by atoms with E-state index < -0.39 is 58.9 Å². The molecule has 0 rings (SSSR count). The third kappa shape index (κ3) is 3.58. The summed E-state index contributed by atoms with van der Waals surface area (Å²) in [5.41, 5.74) is -9.96. The fourth-order valence-electron chi connectivity index (χ4n) is 2.92. The second-order valence-corrected chi connectivity index (χ2v) is 5.69. The van der Waals surface area contributed by atoms with Crippen LogP contribution in [0.1, 0.15) is 0 Å². The van der Waals surface area contributed by atoms with Crippen LogP contribution < -0.4 is 0 Å². The standard InChI is InChI=1S/C20H22O9/c1-6-13(23)19(28,14(24)7-2)18(11-21,12-22)20(15(25)8-3,16(26)9-4)29-17(27)10-5/h6-10,21-22,28H,1-5,11-12H2. The average molecular weight is 406 g/mol. The molecule has 0 aliphatic rings. The highest BCUT2D eigenvalue weighted by atomic mass is 16.6. The van der Waals surface area contributed by atoms with Crippen LogP contribution >= 0.6 is 0 Å². The third-order valence-corrected chi connectivity index (χ3v) is 4.48. The zero-order valence-corrected chi connectivity index (χ0v) is 15.6. The molecule has 0 spiro atoms. The number of esters is 1. The summed E-state index contributed by atoms with van der Waals surface area (Å²) in [5.74, 6) is -7.38. The molecule has 0 unspecified atom stereocenters. The quantitative estimate of drug-likeness (QED) is 0.190. The maximum Gasteiger partial charge on any atom is 0.331 e. The molecule has 0 atom stereocenters. The summed E-state index contributed by atoms with van der Waals surface area (Å²) in [6, 6.07) is 0. The summed E-state index contributed by atoms with van der Waals surface area (Å²) in [5, 5.41) is 31.4. The van der Waals surface area contributed by atoms with Crippen molar-refractivity contribution in [1.29, 1.82) is 0 Å². The first-order valence-electron chi connectivity index (χ1n) is 7.98. The summed E-state index contributed by atoms with van der Waals surface area (Å²) in [4.78, 5) is 62.7. The summed E-state index contributed by atoms with van der Waals surface area (Å²) in [6.45, 7) is 12.5. The number of hydrogen-bond donors (Lipinski definition) is 3. The summed E-state index contributed by atoms with van der Waals surface area (Å²) >= 11 is 0. The molecule has 0 bridgehead atoms. The van der Waals surface area contributed by atoms with E-state index in [0.29, 0.717) is 30.4 Å². The molecule has 0 aliphatic heterocycles. The lowest BCUT2D eigenvalue weighted by Crippen LogP contribution is -2.76. The zero-order chi connectivity index (χ0) is 23.0. The smallest absolute Gasteiger partial charge is 0.331 e. The number of carbonyl (C=O) groups excluding carboxylic acids is 5. The maximum absolute atomic E-state index is 12.8. The normalized spacial score (nSPS) is 11.6. The van der Waals surface area contributed by atoms with Crippen molar-refractivity contribution in [2.75, 3.05) is 13.2 Å². The molecule has 0 aromatic carbocycles. The molecule has 0 radical (unpaired) electrons. The lowest BCUT2D eigenvalue weighted by molar-refractivity contribution is -0.222. The zero-order valence-electron chi connectivity index (χ0n) is 15.6. The van der Waals surface area contributed by atoms with E-state index in [1.165, 1.54) is 0 Å². The Morgan fingerprint density at radius 1 is 0.690 bits per heavy atom. The number of rotatable bonds is 14. The van der Waals surface area contributed by atoms with Gasteiger partial charge in [0.15, 0.2) is 11.6 Å². The number of aliphatic hydroxyl groups is 3. The van der Waals surface area contributed by atoms with Crippen molar-refractivity contribution in [3.63, 3.8) is 0 Å². The molecule has 156 valence electrons. The SMILES string of the molecule is C=CC(=O)OC(C(=O)C=C)(C(=O)C=C)C(CO)(CO)C(O)(C(=O)C=C)C(=O)C=C. The van der Waals surface area contributed by atoms with Gasteiger partial charge >= 0.3 is 5.97 Å². The lowest BCUT2D eigenvalue weighted by Gasteiger charge is -2.50. The van der Waals surface area contributed by atoms with Crippen molar-refractivity contribution in [2.24, 2.45) is 5.41 Å². The van der Waals surface area contributed by atoms with E-state index in [2.05, 4.69) is 32.9 Å². The van der Waals surface area contributed by atoms with Gasteiger partial charge in [0.2, 0.25) is 22.8 Å². The van der Waals surface area contributed by atoms with Gasteiger partial charge in [-0.1, -0.05) is 32.9 Å². The summed E-state index contributed by atoms with van der Waals surface area (Å²) in [7, 11) is 0. The molecule has 3 N–H and O–H groups in total. The van der Waals surface area contributed by atoms with Crippen molar-refractivity contribution >= 4 is 29.1 Å². The Morgan fingerprint density at radius 3 is 1.28 bits per heavy atom. The highest BCUT2D eigenvalue weighted by Crippen LogP contribution is 2.47. The molecule has 0 aromatic rings. The highest BCUT2D eigenvalue weighted by molar-refractivity contribution is 6.25. The van der Waals surface area contributed by atoms with E-state index in [9.17, 15) is 39.3 Å². The minimum atomic E-state index is -3.50. The second kappa shape index (κ2) is 9.78. The van der Waals surface area contributed by atoms with Crippen LogP contribution in [-0.2, 0) is 28.7 Å². The second-order valence-electron chi connectivity index (χ2n) is 5.69. The monoisotopic (exact) mass is 406 g/mol. The highest BCUT2D eigenvalue weighted by Gasteiger charge is 2.74. The third-order valence-electron chi connectivity index (χ3n) is 4.48. The Labute approximate surface area is 167 Å². The minimum absolute atomic E-state index is 0.457. The number of ether oxygens (including phenoxy) is 1. The van der Waals surface area contributed by atoms with Gasteiger partial charge < -0.3 is 20.1 Å². The van der Waals surface area contributed by atoms with Crippen molar-refractivity contribution in [3.05, 3.63) is 63.3 Å². The van der Waals surface area contributed by atoms with Gasteiger partial charge in [-0.25, -0.2) is 4.79 Å². The van der Waals surface area contributed by atoms with Crippen LogP contribution in [0.5, 0.6) is 0 Å². The molecule has 9 heteroatoms. The average Bonchev–Trinajstić information content (AvgIpc) is 2.75. The number of ketones is 4. The molecular formula is C20H22O9. The van der Waals surface area contributed by atoms with Gasteiger partial charge in [-0.15, -0.1) is 0 Å². The summed E-state index contributed by atoms with van der Waals surface area (Å²) in [6.07, 6.45) is 2.41. The van der Waals surface area contributed by atoms with Gasteiger partial charge in [-0.05, 0) is 24.3 Å². The first-order valence-corrected chi connectivity index (χ1v) is 7.98. The topological polar surface area (TPSA) is 155 Å². The molecule has 29 heavy (non-hydrogen) atoms. The van der Waals surface area contributed by atoms with Crippen LogP contribution in [0.25, 0.3) is 0 Å². The van der Waals surface area contributed by atoms with Crippen molar-refractivity contribution < 1.29 is 44.0 Å². The van der Waals surface area contributed by atoms with E-state index in [-0.39, 0.29) is 0 Å². The van der Waals surface area contributed by atoms with E-state index in [4.69, 9.17) is 4.74 Å². The van der Waals surface area contributed by atoms with Crippen molar-refractivity contribution in [3.8, 4) is 0 Å². The first-order chi connectivity index (χ1) is 13.5. The molecule has 0 heterocycles. The fourth-order valence-corrected chi connectivity index (χ4v) is 2.92. The van der Waals surface area contributed by atoms with E-state index in [0.717, 1.165) is 0 Å². The summed E-state index contributed by atoms with van der Waals surface area (Å²) < 4.78 is 4.92. The number of hydrogen-bond acceptors (Lipinski definition) is 9. The molecule has 0 fully saturated rings. The van der Waals surface area contributed by atoms with Crippen LogP contribution in [-0.4, -0.2) is 68.8 Å². The van der Waals surface area contributed by atoms with Crippen LogP contribution in [0.3, 0.4) is 0 Å². The van der Waals surface area contributed by atoms with Crippen LogP contribution in [0.4, 0.5) is 0 Å². The van der Waals surface area contributed by atoms with Crippen LogP contribution in [0.15, 0.2) is 63.3 Å². The Balaban J connectivity index is 7.83. The fraction of sp³-hybridized carbons (Fsp3) is 0.250. The lowest BCUT2D eigenvalue weighted by atomic mass is 9.56. The van der Waals surface area contributed by atoms with E-state index >= 15 is 0 Å². The predicted molar refractivity (Wildman–Crippen MR) is 101 cm³/mol. The minimum Gasteiger partial charge on any atom is -0.438 e. The van der Waals surface area contributed by atoms with Gasteiger partial charge in [-0.2, -0.15) is 0 Å². The molecule has 0 saturated heterocycles. The molecular weight excluding hydrogens is 384 g/mol. The maximum atomic E-state index is 12.8. The van der Waals surface area contributed by atoms with Crippen LogP contribution in [0, 0.1) is 5.41 Å². The largest absolute Gasteiger partial charge is 0.438 e. The van der Waals surface area contributed by atoms with Crippen molar-refractivity contribution in [1.82, 2.24) is 0 Å². The Morgan fingerprint density at radius 2 is 1.03 bits per heavy atom. The molecule has 0 amide bonds. The predicted octanol–water partition coefficient (Wildman–Crippen LogP) is -0.823. The Bertz CT molecular complexity index is 744. The van der Waals surface area contributed by atoms with E-state index in [1.54, 1.807) is 0 Å². The van der Waals surface area contributed by atoms with Gasteiger partial charge in [0.1, 0.15) is 5.41 Å². The van der Waals surface area contributed by atoms with E-state index in [1.807, 2.05) is 0 Å². The van der Waals surface area contributed by atoms with Crippen LogP contribution in [0.2, 0.25) is 0 Å². The van der Waals surface area contributed by atoms with Gasteiger partial charge in [0.05, 0.1) is 13.2 Å². The first kappa shape index (κ1) is 25.7. The molecule has 0 saturated carbocycles. The molecule has 0 aromatic heterocycles. The number of aliphatic hydroxyl groups excluding tert-OH is 2. The Hall–Kier alpha value is -3.27. The van der Waals surface area contributed by atoms with Gasteiger partial charge in [-0.3, -0.25) is 19.2 Å². The van der Waals surface area contributed by atoms with Crippen molar-refractivity contribution in [2.45, 2.75) is 11.2 Å². The molecule has 9 nitrogen and oxygen atoms in total. The Kier molecular flexibility index (Phi) is 8.68.